The van der Waals surface area contributed by atoms with Crippen molar-refractivity contribution in [2.75, 3.05) is 18.0 Å². The van der Waals surface area contributed by atoms with Crippen molar-refractivity contribution in [2.45, 2.75) is 12.5 Å². The van der Waals surface area contributed by atoms with Crippen LogP contribution < -0.4 is 16.4 Å². The van der Waals surface area contributed by atoms with Crippen LogP contribution in [0.15, 0.2) is 18.2 Å². The van der Waals surface area contributed by atoms with Gasteiger partial charge in [-0.2, -0.15) is 0 Å². The lowest BCUT2D eigenvalue weighted by molar-refractivity contribution is 0.100. The predicted octanol–water partition coefficient (Wildman–Crippen LogP) is 0.976. The number of hydrogen-bond acceptors (Lipinski definition) is 3. The Balaban J connectivity index is 2.24. The van der Waals surface area contributed by atoms with E-state index < -0.39 is 5.91 Å². The SMILES string of the molecule is NC(=O)c1ccc(N2CCC(N)C2)cc1Cl. The molecule has 1 amide bonds. The molecule has 1 saturated heterocycles. The summed E-state index contributed by atoms with van der Waals surface area (Å²) in [5.74, 6) is -0.505. The maximum absolute atomic E-state index is 11.0. The van der Waals surface area contributed by atoms with E-state index in [1.54, 1.807) is 12.1 Å². The Hall–Kier alpha value is -1.26. The lowest BCUT2D eigenvalue weighted by Gasteiger charge is -2.18. The highest BCUT2D eigenvalue weighted by molar-refractivity contribution is 6.34. The number of rotatable bonds is 2. The third kappa shape index (κ3) is 2.13. The molecule has 1 aliphatic rings. The molecule has 1 aromatic carbocycles. The van der Waals surface area contributed by atoms with Crippen LogP contribution in [-0.2, 0) is 0 Å². The van der Waals surface area contributed by atoms with Gasteiger partial charge in [0.15, 0.2) is 0 Å². The summed E-state index contributed by atoms with van der Waals surface area (Å²) in [6.45, 7) is 1.75. The van der Waals surface area contributed by atoms with Crippen LogP contribution in [0.5, 0.6) is 0 Å². The van der Waals surface area contributed by atoms with Crippen LogP contribution in [-0.4, -0.2) is 25.0 Å². The third-order valence-electron chi connectivity index (χ3n) is 2.81. The molecule has 4 N–H and O–H groups in total. The second-order valence-electron chi connectivity index (χ2n) is 4.02. The molecule has 1 fully saturated rings. The molecule has 0 aromatic heterocycles. The first-order chi connectivity index (χ1) is 7.58. The molecule has 0 aliphatic carbocycles. The van der Waals surface area contributed by atoms with Gasteiger partial charge in [0.25, 0.3) is 0 Å². The monoisotopic (exact) mass is 239 g/mol. The number of carbonyl (C=O) groups excluding carboxylic acids is 1. The maximum atomic E-state index is 11.0. The fourth-order valence-corrected chi connectivity index (χ4v) is 2.19. The molecule has 1 atom stereocenters. The molecule has 5 heteroatoms. The average Bonchev–Trinajstić information content (AvgIpc) is 2.64. The average molecular weight is 240 g/mol. The van der Waals surface area contributed by atoms with Gasteiger partial charge in [0.1, 0.15) is 0 Å². The Morgan fingerprint density at radius 2 is 2.25 bits per heavy atom. The van der Waals surface area contributed by atoms with Gasteiger partial charge in [0.2, 0.25) is 5.91 Å². The van der Waals surface area contributed by atoms with Gasteiger partial charge in [-0.05, 0) is 24.6 Å². The van der Waals surface area contributed by atoms with Crippen LogP contribution in [0.4, 0.5) is 5.69 Å². The summed E-state index contributed by atoms with van der Waals surface area (Å²) >= 11 is 5.98. The summed E-state index contributed by atoms with van der Waals surface area (Å²) in [4.78, 5) is 13.2. The predicted molar refractivity (Wildman–Crippen MR) is 64.8 cm³/mol. The van der Waals surface area contributed by atoms with Gasteiger partial charge in [-0.25, -0.2) is 0 Å². The fraction of sp³-hybridized carbons (Fsp3) is 0.364. The zero-order valence-electron chi connectivity index (χ0n) is 8.82. The normalized spacial score (nSPS) is 20.1. The molecule has 1 aromatic rings. The van der Waals surface area contributed by atoms with E-state index in [4.69, 9.17) is 23.1 Å². The maximum Gasteiger partial charge on any atom is 0.250 e. The minimum atomic E-state index is -0.505. The molecule has 0 saturated carbocycles. The standard InChI is InChI=1S/C11H14ClN3O/c12-10-5-8(1-2-9(10)11(14)16)15-4-3-7(13)6-15/h1-2,5,7H,3-4,6,13H2,(H2,14,16). The number of carbonyl (C=O) groups is 1. The molecule has 1 heterocycles. The number of primary amides is 1. The van der Waals surface area contributed by atoms with Gasteiger partial charge < -0.3 is 16.4 Å². The van der Waals surface area contributed by atoms with Crippen molar-refractivity contribution >= 4 is 23.2 Å². The number of hydrogen-bond donors (Lipinski definition) is 2. The number of anilines is 1. The quantitative estimate of drug-likeness (QED) is 0.808. The first kappa shape index (κ1) is 11.2. The molecule has 16 heavy (non-hydrogen) atoms. The summed E-state index contributed by atoms with van der Waals surface area (Å²) < 4.78 is 0. The summed E-state index contributed by atoms with van der Waals surface area (Å²) in [7, 11) is 0. The topological polar surface area (TPSA) is 72.4 Å². The van der Waals surface area contributed by atoms with E-state index in [1.807, 2.05) is 6.07 Å². The van der Waals surface area contributed by atoms with Crippen molar-refractivity contribution in [3.8, 4) is 0 Å². The first-order valence-corrected chi connectivity index (χ1v) is 5.55. The Morgan fingerprint density at radius 1 is 1.50 bits per heavy atom. The minimum absolute atomic E-state index is 0.217. The van der Waals surface area contributed by atoms with Crippen LogP contribution >= 0.6 is 11.6 Å². The molecule has 2 rings (SSSR count). The summed E-state index contributed by atoms with van der Waals surface area (Å²) in [5, 5.41) is 0.394. The van der Waals surface area contributed by atoms with Crippen molar-refractivity contribution in [3.05, 3.63) is 28.8 Å². The Morgan fingerprint density at radius 3 is 2.75 bits per heavy atom. The van der Waals surface area contributed by atoms with E-state index in [1.165, 1.54) is 0 Å². The van der Waals surface area contributed by atoms with E-state index in [9.17, 15) is 4.79 Å². The first-order valence-electron chi connectivity index (χ1n) is 5.18. The van der Waals surface area contributed by atoms with E-state index in [-0.39, 0.29) is 6.04 Å². The van der Waals surface area contributed by atoms with Gasteiger partial charge in [-0.15, -0.1) is 0 Å². The van der Waals surface area contributed by atoms with Gasteiger partial charge in [0.05, 0.1) is 10.6 Å². The van der Waals surface area contributed by atoms with Crippen LogP contribution in [0.2, 0.25) is 5.02 Å². The number of benzene rings is 1. The second-order valence-corrected chi connectivity index (χ2v) is 4.43. The number of amides is 1. The Kier molecular flexibility index (Phi) is 3.03. The van der Waals surface area contributed by atoms with E-state index >= 15 is 0 Å². The Labute approximate surface area is 99.2 Å². The van der Waals surface area contributed by atoms with E-state index in [2.05, 4.69) is 4.90 Å². The van der Waals surface area contributed by atoms with Gasteiger partial charge in [-0.1, -0.05) is 11.6 Å². The highest BCUT2D eigenvalue weighted by Crippen LogP contribution is 2.25. The molecule has 4 nitrogen and oxygen atoms in total. The van der Waals surface area contributed by atoms with Crippen molar-refractivity contribution in [1.82, 2.24) is 0 Å². The van der Waals surface area contributed by atoms with E-state index in [0.29, 0.717) is 10.6 Å². The number of nitrogens with two attached hydrogens (primary N) is 2. The molecular formula is C11H14ClN3O. The highest BCUT2D eigenvalue weighted by atomic mass is 35.5. The molecule has 86 valence electrons. The molecular weight excluding hydrogens is 226 g/mol. The molecule has 0 bridgehead atoms. The summed E-state index contributed by atoms with van der Waals surface area (Å²) in [6, 6.07) is 5.49. The molecule has 1 unspecified atom stereocenters. The minimum Gasteiger partial charge on any atom is -0.370 e. The van der Waals surface area contributed by atoms with Gasteiger partial charge in [0, 0.05) is 24.8 Å². The van der Waals surface area contributed by atoms with Gasteiger partial charge >= 0.3 is 0 Å². The fourth-order valence-electron chi connectivity index (χ4n) is 1.92. The summed E-state index contributed by atoms with van der Waals surface area (Å²) in [6.07, 6.45) is 0.981. The Bertz CT molecular complexity index is 422. The van der Waals surface area contributed by atoms with Gasteiger partial charge in [-0.3, -0.25) is 4.79 Å². The van der Waals surface area contributed by atoms with Crippen LogP contribution in [0.25, 0.3) is 0 Å². The number of halogens is 1. The smallest absolute Gasteiger partial charge is 0.250 e. The third-order valence-corrected chi connectivity index (χ3v) is 3.12. The number of nitrogens with zero attached hydrogens (tertiary/aromatic N) is 1. The second kappa shape index (κ2) is 4.31. The molecule has 0 spiro atoms. The van der Waals surface area contributed by atoms with Crippen LogP contribution in [0.1, 0.15) is 16.8 Å². The van der Waals surface area contributed by atoms with Crippen molar-refractivity contribution < 1.29 is 4.79 Å². The zero-order valence-corrected chi connectivity index (χ0v) is 9.57. The molecule has 0 radical (unpaired) electrons. The molecule has 1 aliphatic heterocycles. The van der Waals surface area contributed by atoms with Crippen LogP contribution in [0, 0.1) is 0 Å². The van der Waals surface area contributed by atoms with E-state index in [0.717, 1.165) is 25.2 Å². The highest BCUT2D eigenvalue weighted by Gasteiger charge is 2.20. The summed E-state index contributed by atoms with van der Waals surface area (Å²) in [5.41, 5.74) is 12.4. The van der Waals surface area contributed by atoms with Crippen molar-refractivity contribution in [2.24, 2.45) is 11.5 Å². The van der Waals surface area contributed by atoms with Crippen molar-refractivity contribution in [3.63, 3.8) is 0 Å². The lowest BCUT2D eigenvalue weighted by Crippen LogP contribution is -2.26. The lowest BCUT2D eigenvalue weighted by atomic mass is 10.2. The zero-order chi connectivity index (χ0) is 11.7. The van der Waals surface area contributed by atoms with Crippen LogP contribution in [0.3, 0.4) is 0 Å². The van der Waals surface area contributed by atoms with Crippen molar-refractivity contribution in [1.29, 1.82) is 0 Å². The largest absolute Gasteiger partial charge is 0.370 e.